The van der Waals surface area contributed by atoms with Crippen LogP contribution in [0.4, 0.5) is 5.82 Å². The summed E-state index contributed by atoms with van der Waals surface area (Å²) in [6, 6.07) is 10.8. The number of nitrogens with zero attached hydrogens (tertiary/aromatic N) is 3. The molecular weight excluding hydrogens is 386 g/mol. The van der Waals surface area contributed by atoms with Crippen LogP contribution >= 0.6 is 0 Å². The predicted octanol–water partition coefficient (Wildman–Crippen LogP) is 2.72. The second-order valence-electron chi connectivity index (χ2n) is 6.73. The molecule has 0 amide bonds. The number of methoxy groups -OCH3 is 3. The summed E-state index contributed by atoms with van der Waals surface area (Å²) in [4.78, 5) is 25.0. The third kappa shape index (κ3) is 3.61. The number of hydrogen-bond acceptors (Lipinski definition) is 8. The van der Waals surface area contributed by atoms with E-state index in [-0.39, 0.29) is 11.5 Å². The molecule has 0 spiro atoms. The maximum absolute atomic E-state index is 13.6. The van der Waals surface area contributed by atoms with Gasteiger partial charge in [-0.25, -0.2) is 9.97 Å². The monoisotopic (exact) mass is 409 g/mol. The number of hydrogen-bond donors (Lipinski definition) is 0. The highest BCUT2D eigenvalue weighted by Crippen LogP contribution is 2.39. The second-order valence-corrected chi connectivity index (χ2v) is 6.73. The zero-order valence-electron chi connectivity index (χ0n) is 17.2. The summed E-state index contributed by atoms with van der Waals surface area (Å²) in [6.45, 7) is 2.43. The number of para-hydroxylation sites is 2. The molecule has 1 aromatic heterocycles. The van der Waals surface area contributed by atoms with Gasteiger partial charge in [0.25, 0.3) is 0 Å². The number of morpholine rings is 1. The average molecular weight is 409 g/mol. The van der Waals surface area contributed by atoms with Gasteiger partial charge in [-0.3, -0.25) is 4.79 Å². The van der Waals surface area contributed by atoms with Crippen molar-refractivity contribution in [2.24, 2.45) is 0 Å². The molecule has 0 N–H and O–H groups in total. The van der Waals surface area contributed by atoms with E-state index in [0.717, 1.165) is 5.52 Å². The number of ketones is 1. The molecule has 1 saturated heterocycles. The minimum atomic E-state index is -0.269. The first kappa shape index (κ1) is 19.9. The highest BCUT2D eigenvalue weighted by Gasteiger charge is 2.26. The molecule has 3 aromatic rings. The zero-order valence-corrected chi connectivity index (χ0v) is 17.2. The third-order valence-electron chi connectivity index (χ3n) is 5.00. The smallest absolute Gasteiger partial charge is 0.215 e. The minimum Gasteiger partial charge on any atom is -0.493 e. The summed E-state index contributed by atoms with van der Waals surface area (Å²) in [6.07, 6.45) is 0. The number of aromatic nitrogens is 2. The van der Waals surface area contributed by atoms with Crippen LogP contribution in [-0.2, 0) is 4.74 Å². The molecule has 2 heterocycles. The van der Waals surface area contributed by atoms with Gasteiger partial charge in [-0.15, -0.1) is 0 Å². The fourth-order valence-electron chi connectivity index (χ4n) is 3.49. The van der Waals surface area contributed by atoms with Crippen molar-refractivity contribution in [1.82, 2.24) is 9.97 Å². The lowest BCUT2D eigenvalue weighted by molar-refractivity contribution is 0.103. The second kappa shape index (κ2) is 8.54. The van der Waals surface area contributed by atoms with Crippen LogP contribution in [0.2, 0.25) is 0 Å². The van der Waals surface area contributed by atoms with Crippen molar-refractivity contribution in [1.29, 1.82) is 0 Å². The third-order valence-corrected chi connectivity index (χ3v) is 5.00. The summed E-state index contributed by atoms with van der Waals surface area (Å²) < 4.78 is 21.6. The highest BCUT2D eigenvalue weighted by atomic mass is 16.5. The van der Waals surface area contributed by atoms with Crippen molar-refractivity contribution in [3.63, 3.8) is 0 Å². The largest absolute Gasteiger partial charge is 0.493 e. The van der Waals surface area contributed by atoms with Gasteiger partial charge in [0.2, 0.25) is 11.5 Å². The normalized spacial score (nSPS) is 13.9. The van der Waals surface area contributed by atoms with Crippen molar-refractivity contribution in [2.75, 3.05) is 52.5 Å². The molecule has 30 heavy (non-hydrogen) atoms. The van der Waals surface area contributed by atoms with E-state index in [4.69, 9.17) is 23.9 Å². The maximum atomic E-state index is 13.6. The molecule has 0 radical (unpaired) electrons. The first-order chi connectivity index (χ1) is 14.7. The van der Waals surface area contributed by atoms with E-state index in [1.807, 2.05) is 29.2 Å². The van der Waals surface area contributed by atoms with Crippen molar-refractivity contribution >= 4 is 22.6 Å². The van der Waals surface area contributed by atoms with Gasteiger partial charge in [0.15, 0.2) is 23.0 Å². The molecule has 0 unspecified atom stereocenters. The molecule has 0 aliphatic carbocycles. The molecule has 156 valence electrons. The van der Waals surface area contributed by atoms with E-state index < -0.39 is 0 Å². The van der Waals surface area contributed by atoms with Gasteiger partial charge in [0.05, 0.1) is 45.6 Å². The lowest BCUT2D eigenvalue weighted by Crippen LogP contribution is -2.38. The van der Waals surface area contributed by atoms with Crippen LogP contribution < -0.4 is 19.1 Å². The van der Waals surface area contributed by atoms with Crippen molar-refractivity contribution < 1.29 is 23.7 Å². The number of benzene rings is 2. The van der Waals surface area contributed by atoms with Crippen LogP contribution in [0.3, 0.4) is 0 Å². The van der Waals surface area contributed by atoms with Crippen LogP contribution in [0.5, 0.6) is 17.2 Å². The van der Waals surface area contributed by atoms with Crippen LogP contribution in [0, 0.1) is 0 Å². The first-order valence-corrected chi connectivity index (χ1v) is 9.60. The summed E-state index contributed by atoms with van der Waals surface area (Å²) in [5, 5.41) is 0. The van der Waals surface area contributed by atoms with Crippen LogP contribution in [0.1, 0.15) is 16.1 Å². The molecule has 8 nitrogen and oxygen atoms in total. The van der Waals surface area contributed by atoms with Gasteiger partial charge >= 0.3 is 0 Å². The lowest BCUT2D eigenvalue weighted by atomic mass is 10.1. The average Bonchev–Trinajstić information content (AvgIpc) is 2.82. The number of carbonyl (C=O) groups is 1. The number of anilines is 1. The zero-order chi connectivity index (χ0) is 21.1. The Balaban J connectivity index is 1.86. The Hall–Kier alpha value is -3.39. The highest BCUT2D eigenvalue weighted by molar-refractivity contribution is 6.12. The number of rotatable bonds is 6. The minimum absolute atomic E-state index is 0.269. The number of fused-ring (bicyclic) bond motifs is 1. The van der Waals surface area contributed by atoms with Crippen molar-refractivity contribution in [2.45, 2.75) is 0 Å². The van der Waals surface area contributed by atoms with Crippen molar-refractivity contribution in [3.8, 4) is 17.2 Å². The molecule has 0 bridgehead atoms. The van der Waals surface area contributed by atoms with Gasteiger partial charge in [0, 0.05) is 18.7 Å². The number of ether oxygens (including phenoxy) is 4. The van der Waals surface area contributed by atoms with Gasteiger partial charge < -0.3 is 23.8 Å². The standard InChI is InChI=1S/C22H23N3O5/c1-27-17-12-14(13-18(28-2)21(17)29-3)20(26)19-22(25-8-10-30-11-9-25)24-16-7-5-4-6-15(16)23-19/h4-7,12-13H,8-11H2,1-3H3. The Bertz CT molecular complexity index is 1050. The van der Waals surface area contributed by atoms with E-state index in [1.54, 1.807) is 12.1 Å². The molecule has 2 aromatic carbocycles. The maximum Gasteiger partial charge on any atom is 0.215 e. The first-order valence-electron chi connectivity index (χ1n) is 9.60. The molecule has 1 aliphatic heterocycles. The van der Waals surface area contributed by atoms with Crippen LogP contribution in [-0.4, -0.2) is 63.4 Å². The number of carbonyl (C=O) groups excluding carboxylic acids is 1. The van der Waals surface area contributed by atoms with E-state index >= 15 is 0 Å². The van der Waals surface area contributed by atoms with Crippen LogP contribution in [0.25, 0.3) is 11.0 Å². The van der Waals surface area contributed by atoms with Gasteiger partial charge in [0.1, 0.15) is 0 Å². The summed E-state index contributed by atoms with van der Waals surface area (Å²) in [5.74, 6) is 1.52. The Morgan fingerprint density at radius 1 is 0.933 bits per heavy atom. The van der Waals surface area contributed by atoms with Crippen molar-refractivity contribution in [3.05, 3.63) is 47.7 Å². The molecule has 1 aliphatic rings. The van der Waals surface area contributed by atoms with E-state index in [2.05, 4.69) is 4.98 Å². The quantitative estimate of drug-likeness (QED) is 0.575. The van der Waals surface area contributed by atoms with Gasteiger partial charge in [-0.1, -0.05) is 12.1 Å². The van der Waals surface area contributed by atoms with E-state index in [1.165, 1.54) is 21.3 Å². The molecule has 4 rings (SSSR count). The Labute approximate surface area is 174 Å². The molecular formula is C22H23N3O5. The lowest BCUT2D eigenvalue weighted by Gasteiger charge is -2.29. The Morgan fingerprint density at radius 2 is 1.53 bits per heavy atom. The van der Waals surface area contributed by atoms with Gasteiger partial charge in [-0.05, 0) is 24.3 Å². The molecule has 8 heteroatoms. The Morgan fingerprint density at radius 3 is 2.10 bits per heavy atom. The fraction of sp³-hybridized carbons (Fsp3) is 0.318. The Kier molecular flexibility index (Phi) is 5.67. The van der Waals surface area contributed by atoms with Gasteiger partial charge in [-0.2, -0.15) is 0 Å². The SMILES string of the molecule is COc1cc(C(=O)c2nc3ccccc3nc2N2CCOCC2)cc(OC)c1OC. The summed E-state index contributed by atoms with van der Waals surface area (Å²) >= 11 is 0. The van der Waals surface area contributed by atoms with Crippen LogP contribution in [0.15, 0.2) is 36.4 Å². The molecule has 0 saturated carbocycles. The predicted molar refractivity (Wildman–Crippen MR) is 112 cm³/mol. The van der Waals surface area contributed by atoms with E-state index in [0.29, 0.717) is 60.4 Å². The topological polar surface area (TPSA) is 83.0 Å². The summed E-state index contributed by atoms with van der Waals surface area (Å²) in [5.41, 5.74) is 2.05. The van der Waals surface area contributed by atoms with E-state index in [9.17, 15) is 4.79 Å². The fourth-order valence-corrected chi connectivity index (χ4v) is 3.49. The summed E-state index contributed by atoms with van der Waals surface area (Å²) in [7, 11) is 4.55. The molecule has 0 atom stereocenters. The molecule has 1 fully saturated rings.